The van der Waals surface area contributed by atoms with Crippen molar-refractivity contribution in [3.8, 4) is 11.1 Å². The Morgan fingerprint density at radius 2 is 1.33 bits per heavy atom. The highest BCUT2D eigenvalue weighted by Gasteiger charge is 2.31. The summed E-state index contributed by atoms with van der Waals surface area (Å²) in [4.78, 5) is 24.7. The molecule has 2 aromatic carbocycles. The number of aliphatic hydroxyl groups is 2. The van der Waals surface area contributed by atoms with E-state index in [1.54, 1.807) is 0 Å². The van der Waals surface area contributed by atoms with Crippen molar-refractivity contribution in [3.63, 3.8) is 0 Å². The third-order valence-corrected chi connectivity index (χ3v) is 12.1. The predicted molar refractivity (Wildman–Crippen MR) is 211 cm³/mol. The highest BCUT2D eigenvalue weighted by atomic mass is 16.5. The minimum absolute atomic E-state index is 0.00587. The van der Waals surface area contributed by atoms with Crippen LogP contribution in [-0.2, 0) is 31.9 Å². The normalized spacial score (nSPS) is 22.2. The van der Waals surface area contributed by atoms with Gasteiger partial charge in [0.25, 0.3) is 0 Å². The Hall–Kier alpha value is -3.22. The van der Waals surface area contributed by atoms with Gasteiger partial charge in [0.2, 0.25) is 0 Å². The van der Waals surface area contributed by atoms with E-state index >= 15 is 0 Å². The van der Waals surface area contributed by atoms with Crippen molar-refractivity contribution in [2.45, 2.75) is 142 Å². The summed E-state index contributed by atoms with van der Waals surface area (Å²) in [5, 5.41) is 19.4. The molecule has 2 N–H and O–H groups in total. The summed E-state index contributed by atoms with van der Waals surface area (Å²) >= 11 is 0. The first-order valence-electron chi connectivity index (χ1n) is 20.3. The van der Waals surface area contributed by atoms with Crippen LogP contribution < -0.4 is 0 Å². The second kappa shape index (κ2) is 20.9. The Kier molecular flexibility index (Phi) is 16.7. The van der Waals surface area contributed by atoms with E-state index in [1.807, 2.05) is 0 Å². The van der Waals surface area contributed by atoms with Crippen LogP contribution in [0, 0.1) is 23.7 Å². The van der Waals surface area contributed by atoms with E-state index in [1.165, 1.54) is 113 Å². The second-order valence-corrected chi connectivity index (χ2v) is 15.9. The molecule has 2 saturated carbocycles. The van der Waals surface area contributed by atoms with E-state index in [0.29, 0.717) is 18.8 Å². The molecule has 6 nitrogen and oxygen atoms in total. The van der Waals surface area contributed by atoms with Crippen molar-refractivity contribution in [3.05, 3.63) is 83.5 Å². The number of hydrogen-bond donors (Lipinski definition) is 2. The van der Waals surface area contributed by atoms with Gasteiger partial charge in [-0.3, -0.25) is 0 Å². The highest BCUT2D eigenvalue weighted by Crippen LogP contribution is 2.45. The molecule has 286 valence electrons. The summed E-state index contributed by atoms with van der Waals surface area (Å²) in [6.07, 6.45) is 17.1. The number of hydrogen-bond acceptors (Lipinski definition) is 6. The van der Waals surface area contributed by atoms with Crippen molar-refractivity contribution in [1.82, 2.24) is 0 Å². The van der Waals surface area contributed by atoms with Crippen LogP contribution in [-0.4, -0.2) is 47.6 Å². The maximum absolute atomic E-state index is 12.3. The van der Waals surface area contributed by atoms with Gasteiger partial charge in [-0.2, -0.15) is 0 Å². The number of aryl methyl sites for hydroxylation is 2. The molecule has 0 aromatic heterocycles. The predicted octanol–water partition coefficient (Wildman–Crippen LogP) is 10.1. The monoisotopic (exact) mass is 714 g/mol. The van der Waals surface area contributed by atoms with E-state index < -0.39 is 24.1 Å². The third-order valence-electron chi connectivity index (χ3n) is 12.1. The van der Waals surface area contributed by atoms with Gasteiger partial charge in [-0.25, -0.2) is 9.59 Å². The smallest absolute Gasteiger partial charge is 0.336 e. The Labute approximate surface area is 314 Å². The number of rotatable bonds is 19. The molecule has 0 radical (unpaired) electrons. The number of benzene rings is 2. The molecule has 0 bridgehead atoms. The molecule has 2 unspecified atom stereocenters. The van der Waals surface area contributed by atoms with Gasteiger partial charge in [0.1, 0.15) is 0 Å². The SMILES string of the molecule is C=C(C(=O)OCC(CCc1ccc(-c2ccc(C3CCC(C4CCC(CCCCC)CC4)CC3)cc2)c(CC)c1)COC(=O)C(=C)C(C)O)C(C)O. The second-order valence-electron chi connectivity index (χ2n) is 15.9. The summed E-state index contributed by atoms with van der Waals surface area (Å²) in [5.41, 5.74) is 6.36. The van der Waals surface area contributed by atoms with Gasteiger partial charge in [0.15, 0.2) is 0 Å². The van der Waals surface area contributed by atoms with Crippen molar-refractivity contribution in [2.24, 2.45) is 23.7 Å². The molecule has 2 aliphatic rings. The number of esters is 2. The van der Waals surface area contributed by atoms with Crippen LogP contribution in [0.5, 0.6) is 0 Å². The molecule has 4 rings (SSSR count). The lowest BCUT2D eigenvalue weighted by molar-refractivity contribution is -0.145. The first-order valence-corrected chi connectivity index (χ1v) is 20.3. The third kappa shape index (κ3) is 12.2. The lowest BCUT2D eigenvalue weighted by atomic mass is 9.68. The molecule has 0 heterocycles. The van der Waals surface area contributed by atoms with E-state index in [-0.39, 0.29) is 30.3 Å². The van der Waals surface area contributed by atoms with Crippen molar-refractivity contribution in [1.29, 1.82) is 0 Å². The summed E-state index contributed by atoms with van der Waals surface area (Å²) in [5.74, 6) is 1.91. The van der Waals surface area contributed by atoms with Crippen LogP contribution in [0.15, 0.2) is 66.8 Å². The van der Waals surface area contributed by atoms with Gasteiger partial charge < -0.3 is 19.7 Å². The van der Waals surface area contributed by atoms with E-state index in [9.17, 15) is 19.8 Å². The molecule has 2 aliphatic carbocycles. The Morgan fingerprint density at radius 3 is 1.85 bits per heavy atom. The van der Waals surface area contributed by atoms with Gasteiger partial charge in [0, 0.05) is 5.92 Å². The molecule has 52 heavy (non-hydrogen) atoms. The largest absolute Gasteiger partial charge is 0.462 e. The zero-order valence-corrected chi connectivity index (χ0v) is 32.5. The van der Waals surface area contributed by atoms with Gasteiger partial charge in [-0.1, -0.05) is 108 Å². The first kappa shape index (κ1) is 41.5. The highest BCUT2D eigenvalue weighted by molar-refractivity contribution is 5.89. The number of aliphatic hydroxyl groups excluding tert-OH is 2. The Morgan fingerprint density at radius 1 is 0.769 bits per heavy atom. The lowest BCUT2D eigenvalue weighted by Gasteiger charge is -2.38. The number of carbonyl (C=O) groups excluding carboxylic acids is 2. The average Bonchev–Trinajstić information content (AvgIpc) is 3.17. The van der Waals surface area contributed by atoms with Gasteiger partial charge in [-0.15, -0.1) is 0 Å². The average molecular weight is 715 g/mol. The number of ether oxygens (including phenoxy) is 2. The lowest BCUT2D eigenvalue weighted by Crippen LogP contribution is -2.25. The minimum Gasteiger partial charge on any atom is -0.462 e. The number of unbranched alkanes of at least 4 members (excludes halogenated alkanes) is 2. The molecule has 2 atom stereocenters. The molecule has 0 spiro atoms. The summed E-state index contributed by atoms with van der Waals surface area (Å²) in [7, 11) is 0. The van der Waals surface area contributed by atoms with Crippen LogP contribution >= 0.6 is 0 Å². The fraction of sp³-hybridized carbons (Fsp3) is 0.609. The van der Waals surface area contributed by atoms with E-state index in [2.05, 4.69) is 69.5 Å². The van der Waals surface area contributed by atoms with Crippen molar-refractivity contribution in [2.75, 3.05) is 13.2 Å². The molecule has 6 heteroatoms. The Bertz CT molecular complexity index is 1400. The van der Waals surface area contributed by atoms with E-state index in [4.69, 9.17) is 9.47 Å². The minimum atomic E-state index is -1.01. The fourth-order valence-corrected chi connectivity index (χ4v) is 8.37. The molecule has 0 amide bonds. The molecule has 0 saturated heterocycles. The molecule has 2 aromatic rings. The van der Waals surface area contributed by atoms with Crippen molar-refractivity contribution >= 4 is 11.9 Å². The molecule has 0 aliphatic heterocycles. The van der Waals surface area contributed by atoms with Crippen molar-refractivity contribution < 1.29 is 29.3 Å². The fourth-order valence-electron chi connectivity index (χ4n) is 8.37. The van der Waals surface area contributed by atoms with Gasteiger partial charge in [-0.05, 0) is 123 Å². The zero-order chi connectivity index (χ0) is 37.6. The van der Waals surface area contributed by atoms with E-state index in [0.717, 1.165) is 29.7 Å². The van der Waals surface area contributed by atoms with Crippen LogP contribution in [0.25, 0.3) is 11.1 Å². The molecular formula is C46H66O6. The summed E-state index contributed by atoms with van der Waals surface area (Å²) in [6.45, 7) is 14.6. The molecule has 2 fully saturated rings. The topological polar surface area (TPSA) is 93.1 Å². The number of carbonyl (C=O) groups is 2. The van der Waals surface area contributed by atoms with Crippen LogP contribution in [0.1, 0.15) is 134 Å². The maximum Gasteiger partial charge on any atom is 0.336 e. The zero-order valence-electron chi connectivity index (χ0n) is 32.5. The maximum atomic E-state index is 12.3. The van der Waals surface area contributed by atoms with Crippen LogP contribution in [0.4, 0.5) is 0 Å². The molecular weight excluding hydrogens is 649 g/mol. The van der Waals surface area contributed by atoms with Crippen LogP contribution in [0.2, 0.25) is 0 Å². The quantitative estimate of drug-likeness (QED) is 0.0855. The standard InChI is InChI=1S/C46H66O6/c1-7-9-10-11-35-14-17-39(18-15-35)40-19-21-41(22-20-40)42-23-25-43(26-24-42)44-27-16-36(28-38(44)8-2)12-13-37(29-51-45(49)31(3)33(5)47)30-52-46(50)32(4)34(6)48/h16,23-28,33-35,37,39-41,47-48H,3-4,7-15,17-22,29-30H2,1-2,5-6H3. The summed E-state index contributed by atoms with van der Waals surface area (Å²) < 4.78 is 10.8. The van der Waals surface area contributed by atoms with Gasteiger partial charge in [0.05, 0.1) is 36.6 Å². The van der Waals surface area contributed by atoms with Crippen LogP contribution in [0.3, 0.4) is 0 Å². The van der Waals surface area contributed by atoms with Gasteiger partial charge >= 0.3 is 11.9 Å². The first-order chi connectivity index (χ1) is 25.0. The summed E-state index contributed by atoms with van der Waals surface area (Å²) in [6, 6.07) is 15.9. The Balaban J connectivity index is 1.31.